The van der Waals surface area contributed by atoms with Crippen LogP contribution < -0.4 is 5.32 Å². The summed E-state index contributed by atoms with van der Waals surface area (Å²) in [6.45, 7) is 7.66. The van der Waals surface area contributed by atoms with Crippen LogP contribution in [-0.2, 0) is 16.1 Å². The Morgan fingerprint density at radius 2 is 1.60 bits per heavy atom. The molecule has 4 nitrogen and oxygen atoms in total. The number of hydrogen-bond donors (Lipinski definition) is 1. The van der Waals surface area contributed by atoms with Gasteiger partial charge in [-0.15, -0.1) is 0 Å². The molecule has 4 heteroatoms. The zero-order valence-electron chi connectivity index (χ0n) is 12.6. The highest BCUT2D eigenvalue weighted by Crippen LogP contribution is 2.03. The first kappa shape index (κ1) is 16.2. The van der Waals surface area contributed by atoms with Crippen molar-refractivity contribution in [3.8, 4) is 0 Å². The quantitative estimate of drug-likeness (QED) is 0.810. The summed E-state index contributed by atoms with van der Waals surface area (Å²) in [5.41, 5.74) is 2.17. The predicted molar refractivity (Wildman–Crippen MR) is 80.2 cm³/mol. The summed E-state index contributed by atoms with van der Waals surface area (Å²) in [5, 5.41) is 2.69. The van der Waals surface area contributed by atoms with Gasteiger partial charge in [0.2, 0.25) is 0 Å². The Hall–Kier alpha value is -1.84. The van der Waals surface area contributed by atoms with Crippen molar-refractivity contribution in [1.29, 1.82) is 0 Å². The van der Waals surface area contributed by atoms with E-state index in [9.17, 15) is 9.59 Å². The Bertz CT molecular complexity index is 434. The number of benzene rings is 1. The molecule has 0 aliphatic rings. The SMILES string of the molecule is CCCN(CCC)C(=O)C(=O)NCc1ccc(C)cc1. The van der Waals surface area contributed by atoms with E-state index in [1.165, 1.54) is 5.56 Å². The van der Waals surface area contributed by atoms with Crippen molar-refractivity contribution in [1.82, 2.24) is 10.2 Å². The maximum atomic E-state index is 12.0. The number of nitrogens with one attached hydrogen (secondary N) is 1. The second-order valence-electron chi connectivity index (χ2n) is 4.96. The van der Waals surface area contributed by atoms with Crippen LogP contribution in [0.1, 0.15) is 37.8 Å². The van der Waals surface area contributed by atoms with E-state index < -0.39 is 11.8 Å². The van der Waals surface area contributed by atoms with E-state index in [1.54, 1.807) is 4.90 Å². The zero-order chi connectivity index (χ0) is 15.0. The molecule has 0 saturated carbocycles. The van der Waals surface area contributed by atoms with Gasteiger partial charge in [-0.25, -0.2) is 0 Å². The van der Waals surface area contributed by atoms with Gasteiger partial charge in [-0.2, -0.15) is 0 Å². The van der Waals surface area contributed by atoms with Crippen molar-refractivity contribution in [2.75, 3.05) is 13.1 Å². The van der Waals surface area contributed by atoms with Gasteiger partial charge < -0.3 is 10.2 Å². The Balaban J connectivity index is 2.52. The topological polar surface area (TPSA) is 49.4 Å². The van der Waals surface area contributed by atoms with E-state index in [-0.39, 0.29) is 0 Å². The van der Waals surface area contributed by atoms with Crippen LogP contribution >= 0.6 is 0 Å². The monoisotopic (exact) mass is 276 g/mol. The molecule has 0 atom stereocenters. The third-order valence-electron chi connectivity index (χ3n) is 3.04. The van der Waals surface area contributed by atoms with Gasteiger partial charge in [0.05, 0.1) is 0 Å². The van der Waals surface area contributed by atoms with Gasteiger partial charge in [0.25, 0.3) is 0 Å². The number of nitrogens with zero attached hydrogens (tertiary/aromatic N) is 1. The van der Waals surface area contributed by atoms with Crippen molar-refractivity contribution < 1.29 is 9.59 Å². The highest BCUT2D eigenvalue weighted by atomic mass is 16.2. The molecule has 0 unspecified atom stereocenters. The smallest absolute Gasteiger partial charge is 0.311 e. The van der Waals surface area contributed by atoms with Crippen LogP contribution in [0.2, 0.25) is 0 Å². The lowest BCUT2D eigenvalue weighted by Crippen LogP contribution is -2.43. The molecule has 0 saturated heterocycles. The number of carbonyl (C=O) groups excluding carboxylic acids is 2. The fraction of sp³-hybridized carbons (Fsp3) is 0.500. The van der Waals surface area contributed by atoms with Crippen LogP contribution in [0.5, 0.6) is 0 Å². The fourth-order valence-corrected chi connectivity index (χ4v) is 1.96. The van der Waals surface area contributed by atoms with E-state index in [1.807, 2.05) is 45.0 Å². The normalized spacial score (nSPS) is 10.2. The van der Waals surface area contributed by atoms with Crippen LogP contribution in [0.3, 0.4) is 0 Å². The minimum absolute atomic E-state index is 0.386. The molecular weight excluding hydrogens is 252 g/mol. The molecule has 0 bridgehead atoms. The average molecular weight is 276 g/mol. The lowest BCUT2D eigenvalue weighted by molar-refractivity contribution is -0.146. The molecule has 1 rings (SSSR count). The van der Waals surface area contributed by atoms with Crippen molar-refractivity contribution in [3.63, 3.8) is 0 Å². The summed E-state index contributed by atoms with van der Waals surface area (Å²) < 4.78 is 0. The first-order chi connectivity index (χ1) is 9.58. The summed E-state index contributed by atoms with van der Waals surface area (Å²) in [6, 6.07) is 7.89. The lowest BCUT2D eigenvalue weighted by Gasteiger charge is -2.20. The van der Waals surface area contributed by atoms with E-state index in [2.05, 4.69) is 5.32 Å². The Morgan fingerprint density at radius 3 is 2.10 bits per heavy atom. The highest BCUT2D eigenvalue weighted by Gasteiger charge is 2.19. The van der Waals surface area contributed by atoms with Gasteiger partial charge in [-0.3, -0.25) is 9.59 Å². The van der Waals surface area contributed by atoms with Gasteiger partial charge in [0, 0.05) is 19.6 Å². The average Bonchev–Trinajstić information content (AvgIpc) is 2.45. The van der Waals surface area contributed by atoms with Crippen molar-refractivity contribution in [3.05, 3.63) is 35.4 Å². The van der Waals surface area contributed by atoms with E-state index in [0.717, 1.165) is 18.4 Å². The molecule has 0 aliphatic carbocycles. The summed E-state index contributed by atoms with van der Waals surface area (Å²) >= 11 is 0. The van der Waals surface area contributed by atoms with Crippen molar-refractivity contribution in [2.45, 2.75) is 40.2 Å². The summed E-state index contributed by atoms with van der Waals surface area (Å²) in [7, 11) is 0. The number of hydrogen-bond acceptors (Lipinski definition) is 2. The highest BCUT2D eigenvalue weighted by molar-refractivity contribution is 6.34. The van der Waals surface area contributed by atoms with Crippen LogP contribution in [0.25, 0.3) is 0 Å². The minimum Gasteiger partial charge on any atom is -0.344 e. The van der Waals surface area contributed by atoms with Crippen LogP contribution in [0.15, 0.2) is 24.3 Å². The first-order valence-electron chi connectivity index (χ1n) is 7.21. The van der Waals surface area contributed by atoms with Crippen LogP contribution in [-0.4, -0.2) is 29.8 Å². The van der Waals surface area contributed by atoms with E-state index in [4.69, 9.17) is 0 Å². The fourth-order valence-electron chi connectivity index (χ4n) is 1.96. The van der Waals surface area contributed by atoms with Crippen LogP contribution in [0.4, 0.5) is 0 Å². The Morgan fingerprint density at radius 1 is 1.05 bits per heavy atom. The molecule has 110 valence electrons. The molecule has 0 aliphatic heterocycles. The number of carbonyl (C=O) groups is 2. The maximum absolute atomic E-state index is 12.0. The maximum Gasteiger partial charge on any atom is 0.311 e. The third-order valence-corrected chi connectivity index (χ3v) is 3.04. The van der Waals surface area contributed by atoms with E-state index in [0.29, 0.717) is 19.6 Å². The van der Waals surface area contributed by atoms with Gasteiger partial charge in [0.1, 0.15) is 0 Å². The summed E-state index contributed by atoms with van der Waals surface area (Å²) in [4.78, 5) is 25.5. The largest absolute Gasteiger partial charge is 0.344 e. The number of rotatable bonds is 6. The second kappa shape index (κ2) is 8.35. The molecule has 0 aromatic heterocycles. The van der Waals surface area contributed by atoms with Crippen LogP contribution in [0, 0.1) is 6.92 Å². The zero-order valence-corrected chi connectivity index (χ0v) is 12.6. The molecule has 1 N–H and O–H groups in total. The first-order valence-corrected chi connectivity index (χ1v) is 7.21. The van der Waals surface area contributed by atoms with E-state index >= 15 is 0 Å². The van der Waals surface area contributed by atoms with Gasteiger partial charge in [0.15, 0.2) is 0 Å². The van der Waals surface area contributed by atoms with Gasteiger partial charge >= 0.3 is 11.8 Å². The number of amides is 2. The molecule has 20 heavy (non-hydrogen) atoms. The molecule has 0 fully saturated rings. The Labute approximate surface area is 121 Å². The molecular formula is C16H24N2O2. The molecule has 0 radical (unpaired) electrons. The second-order valence-corrected chi connectivity index (χ2v) is 4.96. The molecule has 1 aromatic carbocycles. The molecule has 0 spiro atoms. The number of aryl methyl sites for hydroxylation is 1. The molecule has 2 amide bonds. The van der Waals surface area contributed by atoms with Crippen molar-refractivity contribution in [2.24, 2.45) is 0 Å². The summed E-state index contributed by atoms with van der Waals surface area (Å²) in [6.07, 6.45) is 1.72. The summed E-state index contributed by atoms with van der Waals surface area (Å²) in [5.74, 6) is -0.951. The standard InChI is InChI=1S/C16H24N2O2/c1-4-10-18(11-5-2)16(20)15(19)17-12-14-8-6-13(3)7-9-14/h6-9H,4-5,10-12H2,1-3H3,(H,17,19). The Kier molecular flexibility index (Phi) is 6.77. The lowest BCUT2D eigenvalue weighted by atomic mass is 10.1. The molecule has 1 aromatic rings. The van der Waals surface area contributed by atoms with Gasteiger partial charge in [-0.05, 0) is 25.3 Å². The van der Waals surface area contributed by atoms with Gasteiger partial charge in [-0.1, -0.05) is 43.7 Å². The van der Waals surface area contributed by atoms with Crippen molar-refractivity contribution >= 4 is 11.8 Å². The minimum atomic E-state index is -0.521. The molecule has 0 heterocycles. The predicted octanol–water partition coefficient (Wildman–Crippen LogP) is 2.26. The third kappa shape index (κ3) is 5.03.